The van der Waals surface area contributed by atoms with Crippen molar-refractivity contribution in [2.24, 2.45) is 0 Å². The van der Waals surface area contributed by atoms with Crippen molar-refractivity contribution in [2.45, 2.75) is 13.5 Å². The zero-order valence-electron chi connectivity index (χ0n) is 10.5. The van der Waals surface area contributed by atoms with Crippen LogP contribution in [0.4, 0.5) is 5.69 Å². The highest BCUT2D eigenvalue weighted by Crippen LogP contribution is 2.25. The average Bonchev–Trinajstić information content (AvgIpc) is 2.38. The van der Waals surface area contributed by atoms with E-state index in [1.165, 1.54) is 23.8 Å². The summed E-state index contributed by atoms with van der Waals surface area (Å²) in [6.45, 7) is 1.61. The van der Waals surface area contributed by atoms with Crippen LogP contribution in [-0.2, 0) is 6.54 Å². The molecule has 7 heteroatoms. The topological polar surface area (TPSA) is 65.1 Å². The van der Waals surface area contributed by atoms with Crippen molar-refractivity contribution in [3.05, 3.63) is 72.1 Å². The van der Waals surface area contributed by atoms with E-state index < -0.39 is 4.92 Å². The fourth-order valence-electron chi connectivity index (χ4n) is 1.84. The summed E-state index contributed by atoms with van der Waals surface area (Å²) in [7, 11) is 0. The van der Waals surface area contributed by atoms with Crippen LogP contribution in [0.2, 0.25) is 10.0 Å². The number of halogens is 2. The third-order valence-corrected chi connectivity index (χ3v) is 3.56. The van der Waals surface area contributed by atoms with Crippen molar-refractivity contribution in [1.29, 1.82) is 0 Å². The van der Waals surface area contributed by atoms with E-state index in [1.54, 1.807) is 18.2 Å². The Balaban J connectivity index is 2.54. The molecule has 1 heterocycles. The summed E-state index contributed by atoms with van der Waals surface area (Å²) in [5.41, 5.74) is 0.386. The summed E-state index contributed by atoms with van der Waals surface area (Å²) < 4.78 is 1.24. The minimum absolute atomic E-state index is 0.0832. The first-order chi connectivity index (χ1) is 9.40. The number of nitrogens with zero attached hydrogens (tertiary/aromatic N) is 2. The van der Waals surface area contributed by atoms with Gasteiger partial charge in [-0.05, 0) is 19.1 Å². The predicted molar refractivity (Wildman–Crippen MR) is 77.7 cm³/mol. The number of benzene rings is 1. The Hall–Kier alpha value is -1.85. The molecule has 1 aromatic carbocycles. The van der Waals surface area contributed by atoms with Crippen LogP contribution in [0.15, 0.2) is 35.3 Å². The zero-order chi connectivity index (χ0) is 14.9. The lowest BCUT2D eigenvalue weighted by Crippen LogP contribution is -2.23. The lowest BCUT2D eigenvalue weighted by atomic mass is 10.2. The van der Waals surface area contributed by atoms with Crippen LogP contribution in [-0.4, -0.2) is 9.49 Å². The van der Waals surface area contributed by atoms with Gasteiger partial charge in [0.25, 0.3) is 11.2 Å². The normalized spacial score (nSPS) is 10.6. The monoisotopic (exact) mass is 312 g/mol. The molecule has 0 radical (unpaired) electrons. The van der Waals surface area contributed by atoms with Crippen LogP contribution in [0.25, 0.3) is 0 Å². The van der Waals surface area contributed by atoms with Gasteiger partial charge in [-0.25, -0.2) is 0 Å². The van der Waals surface area contributed by atoms with Gasteiger partial charge in [-0.1, -0.05) is 29.3 Å². The smallest absolute Gasteiger partial charge is 0.286 e. The molecular weight excluding hydrogens is 303 g/mol. The molecule has 0 fully saturated rings. The standard InChI is InChI=1S/C13H10Cl2N2O3/c1-8-5-9(17(19)20)6-16(13(8)18)7-10-11(14)3-2-4-12(10)15/h2-6H,7H2,1H3. The predicted octanol–water partition coefficient (Wildman–Crippen LogP) is 3.42. The van der Waals surface area contributed by atoms with Crippen LogP contribution < -0.4 is 5.56 Å². The van der Waals surface area contributed by atoms with E-state index in [-0.39, 0.29) is 17.8 Å². The Morgan fingerprint density at radius 1 is 1.30 bits per heavy atom. The maximum Gasteiger partial charge on any atom is 0.286 e. The van der Waals surface area contributed by atoms with E-state index in [4.69, 9.17) is 23.2 Å². The van der Waals surface area contributed by atoms with E-state index in [2.05, 4.69) is 0 Å². The van der Waals surface area contributed by atoms with Gasteiger partial charge < -0.3 is 4.57 Å². The van der Waals surface area contributed by atoms with Gasteiger partial charge in [-0.3, -0.25) is 14.9 Å². The molecule has 0 amide bonds. The van der Waals surface area contributed by atoms with Crippen LogP contribution in [0, 0.1) is 17.0 Å². The van der Waals surface area contributed by atoms with Crippen LogP contribution in [0.3, 0.4) is 0 Å². The van der Waals surface area contributed by atoms with Gasteiger partial charge in [0.15, 0.2) is 0 Å². The summed E-state index contributed by atoms with van der Waals surface area (Å²) in [4.78, 5) is 22.3. The molecule has 0 bridgehead atoms. The molecule has 0 saturated heterocycles. The molecule has 20 heavy (non-hydrogen) atoms. The van der Waals surface area contributed by atoms with Gasteiger partial charge in [-0.15, -0.1) is 0 Å². The second-order valence-corrected chi connectivity index (χ2v) is 5.09. The number of aromatic nitrogens is 1. The van der Waals surface area contributed by atoms with E-state index in [0.717, 1.165) is 0 Å². The van der Waals surface area contributed by atoms with E-state index in [0.29, 0.717) is 21.2 Å². The molecule has 0 unspecified atom stereocenters. The molecule has 0 N–H and O–H groups in total. The Kier molecular flexibility index (Phi) is 4.11. The summed E-state index contributed by atoms with van der Waals surface area (Å²) >= 11 is 12.1. The minimum atomic E-state index is -0.544. The number of nitro groups is 1. The third-order valence-electron chi connectivity index (χ3n) is 2.85. The fraction of sp³-hybridized carbons (Fsp3) is 0.154. The molecule has 0 spiro atoms. The largest absolute Gasteiger partial charge is 0.304 e. The third kappa shape index (κ3) is 2.84. The fourth-order valence-corrected chi connectivity index (χ4v) is 2.35. The summed E-state index contributed by atoms with van der Waals surface area (Å²) in [5.74, 6) is 0. The first-order valence-electron chi connectivity index (χ1n) is 5.68. The maximum absolute atomic E-state index is 12.0. The highest BCUT2D eigenvalue weighted by atomic mass is 35.5. The second-order valence-electron chi connectivity index (χ2n) is 4.27. The summed E-state index contributed by atoms with van der Waals surface area (Å²) in [6, 6.07) is 6.23. The van der Waals surface area contributed by atoms with E-state index in [9.17, 15) is 14.9 Å². The number of aryl methyl sites for hydroxylation is 1. The van der Waals surface area contributed by atoms with Crippen molar-refractivity contribution in [2.75, 3.05) is 0 Å². The van der Waals surface area contributed by atoms with Gasteiger partial charge in [0, 0.05) is 27.2 Å². The Bertz CT molecular complexity index is 721. The van der Waals surface area contributed by atoms with Crippen LogP contribution >= 0.6 is 23.2 Å². The van der Waals surface area contributed by atoms with Gasteiger partial charge >= 0.3 is 0 Å². The van der Waals surface area contributed by atoms with Crippen molar-refractivity contribution < 1.29 is 4.92 Å². The van der Waals surface area contributed by atoms with E-state index in [1.807, 2.05) is 0 Å². The second kappa shape index (κ2) is 5.64. The average molecular weight is 313 g/mol. The molecule has 0 aliphatic heterocycles. The van der Waals surface area contributed by atoms with Crippen LogP contribution in [0.1, 0.15) is 11.1 Å². The molecule has 1 aromatic heterocycles. The molecule has 0 aliphatic rings. The van der Waals surface area contributed by atoms with Crippen molar-refractivity contribution in [3.63, 3.8) is 0 Å². The number of hydrogen-bond donors (Lipinski definition) is 0. The zero-order valence-corrected chi connectivity index (χ0v) is 12.0. The Morgan fingerprint density at radius 2 is 1.90 bits per heavy atom. The maximum atomic E-state index is 12.0. The molecule has 0 aliphatic carbocycles. The van der Waals surface area contributed by atoms with Crippen molar-refractivity contribution in [3.8, 4) is 0 Å². The van der Waals surface area contributed by atoms with Crippen LogP contribution in [0.5, 0.6) is 0 Å². The molecule has 2 aromatic rings. The first-order valence-corrected chi connectivity index (χ1v) is 6.44. The van der Waals surface area contributed by atoms with E-state index >= 15 is 0 Å². The molecule has 2 rings (SSSR count). The van der Waals surface area contributed by atoms with Gasteiger partial charge in [0.05, 0.1) is 17.7 Å². The highest BCUT2D eigenvalue weighted by molar-refractivity contribution is 6.35. The van der Waals surface area contributed by atoms with Gasteiger partial charge in [0.1, 0.15) is 0 Å². The Labute approximate surface area is 124 Å². The molecule has 5 nitrogen and oxygen atoms in total. The highest BCUT2D eigenvalue weighted by Gasteiger charge is 2.13. The molecule has 0 atom stereocenters. The quantitative estimate of drug-likeness (QED) is 0.644. The molecule has 104 valence electrons. The Morgan fingerprint density at radius 3 is 2.45 bits per heavy atom. The lowest BCUT2D eigenvalue weighted by molar-refractivity contribution is -0.385. The molecule has 0 saturated carbocycles. The van der Waals surface area contributed by atoms with Gasteiger partial charge in [0.2, 0.25) is 0 Å². The SMILES string of the molecule is Cc1cc([N+](=O)[O-])cn(Cc2c(Cl)cccc2Cl)c1=O. The summed E-state index contributed by atoms with van der Waals surface area (Å²) in [6.07, 6.45) is 1.19. The minimum Gasteiger partial charge on any atom is -0.304 e. The van der Waals surface area contributed by atoms with Crippen molar-refractivity contribution >= 4 is 28.9 Å². The molecular formula is C13H10Cl2N2O3. The number of rotatable bonds is 3. The number of hydrogen-bond acceptors (Lipinski definition) is 3. The first kappa shape index (κ1) is 14.6. The lowest BCUT2D eigenvalue weighted by Gasteiger charge is -2.10. The summed E-state index contributed by atoms with van der Waals surface area (Å²) in [5, 5.41) is 11.7. The van der Waals surface area contributed by atoms with Crippen molar-refractivity contribution in [1.82, 2.24) is 4.57 Å². The number of pyridine rings is 1. The van der Waals surface area contributed by atoms with Gasteiger partial charge in [-0.2, -0.15) is 0 Å².